The lowest BCUT2D eigenvalue weighted by Crippen LogP contribution is -2.37. The zero-order valence-corrected chi connectivity index (χ0v) is 15.5. The first-order valence-corrected chi connectivity index (χ1v) is 9.15. The van der Waals surface area contributed by atoms with Crippen LogP contribution in [0.15, 0.2) is 24.3 Å². The summed E-state index contributed by atoms with van der Waals surface area (Å²) in [6.07, 6.45) is 2.49. The van der Waals surface area contributed by atoms with Gasteiger partial charge in [0.2, 0.25) is 5.13 Å². The Kier molecular flexibility index (Phi) is 5.83. The number of benzene rings is 1. The van der Waals surface area contributed by atoms with Crippen molar-refractivity contribution >= 4 is 34.4 Å². The lowest BCUT2D eigenvalue weighted by Gasteiger charge is -2.30. The van der Waals surface area contributed by atoms with Gasteiger partial charge in [-0.1, -0.05) is 23.5 Å². The van der Waals surface area contributed by atoms with E-state index in [0.717, 1.165) is 53.1 Å². The Labute approximate surface area is 151 Å². The fourth-order valence-electron chi connectivity index (χ4n) is 2.79. The largest absolute Gasteiger partial charge is 0.495 e. The summed E-state index contributed by atoms with van der Waals surface area (Å²) in [5.74, 6) is 0.784. The highest BCUT2D eigenvalue weighted by Crippen LogP contribution is 2.28. The fourth-order valence-corrected chi connectivity index (χ4v) is 3.79. The fraction of sp³-hybridized carbons (Fsp3) is 0.500. The van der Waals surface area contributed by atoms with Crippen LogP contribution >= 0.6 is 23.6 Å². The number of likely N-dealkylation sites (tertiary alicyclic amines) is 1. The number of anilines is 2. The van der Waals surface area contributed by atoms with Gasteiger partial charge < -0.3 is 14.8 Å². The number of piperidine rings is 1. The van der Waals surface area contributed by atoms with Gasteiger partial charge in [0.1, 0.15) is 5.75 Å². The van der Waals surface area contributed by atoms with Gasteiger partial charge in [0.25, 0.3) is 0 Å². The van der Waals surface area contributed by atoms with Crippen molar-refractivity contribution in [1.29, 1.82) is 0 Å². The van der Waals surface area contributed by atoms with Crippen molar-refractivity contribution in [2.45, 2.75) is 25.6 Å². The van der Waals surface area contributed by atoms with E-state index in [1.54, 1.807) is 14.2 Å². The molecule has 1 aliphatic rings. The Morgan fingerprint density at radius 3 is 2.75 bits per heavy atom. The van der Waals surface area contributed by atoms with E-state index in [1.165, 1.54) is 11.3 Å². The third kappa shape index (κ3) is 4.13. The van der Waals surface area contributed by atoms with E-state index >= 15 is 0 Å². The first-order chi connectivity index (χ1) is 11.7. The molecule has 24 heavy (non-hydrogen) atoms. The number of nitrogens with one attached hydrogen (secondary N) is 1. The van der Waals surface area contributed by atoms with Gasteiger partial charge in [-0.25, -0.2) is 4.68 Å². The molecule has 130 valence electrons. The van der Waals surface area contributed by atoms with Crippen molar-refractivity contribution in [3.05, 3.63) is 28.2 Å². The van der Waals surface area contributed by atoms with Gasteiger partial charge in [-0.15, -0.1) is 5.10 Å². The zero-order valence-electron chi connectivity index (χ0n) is 13.9. The standard InChI is InChI=1S/C16H22N4O2S2/c1-21-12-7-9-19(10-8-12)11-20-16(23)24-15(18-20)17-13-5-3-4-6-14(13)22-2/h3-6,12H,7-11H2,1-2H3,(H,17,18). The molecule has 0 unspecified atom stereocenters. The molecule has 0 saturated carbocycles. The van der Waals surface area contributed by atoms with Gasteiger partial charge in [-0.05, 0) is 37.2 Å². The summed E-state index contributed by atoms with van der Waals surface area (Å²) in [6, 6.07) is 7.77. The van der Waals surface area contributed by atoms with Crippen LogP contribution in [-0.4, -0.2) is 48.1 Å². The molecule has 8 heteroatoms. The van der Waals surface area contributed by atoms with Crippen LogP contribution in [0.25, 0.3) is 0 Å². The molecule has 1 aliphatic heterocycles. The van der Waals surface area contributed by atoms with Crippen LogP contribution in [0.5, 0.6) is 5.75 Å². The van der Waals surface area contributed by atoms with E-state index in [2.05, 4.69) is 15.3 Å². The molecule has 0 amide bonds. The average molecular weight is 367 g/mol. The number of methoxy groups -OCH3 is 2. The second kappa shape index (κ2) is 8.06. The molecule has 2 aromatic rings. The summed E-state index contributed by atoms with van der Waals surface area (Å²) in [5.41, 5.74) is 0.886. The molecule has 0 spiro atoms. The normalized spacial score (nSPS) is 16.2. The van der Waals surface area contributed by atoms with Crippen LogP contribution in [0.2, 0.25) is 0 Å². The van der Waals surface area contributed by atoms with Crippen LogP contribution in [0, 0.1) is 3.95 Å². The van der Waals surface area contributed by atoms with E-state index in [1.807, 2.05) is 28.9 Å². The van der Waals surface area contributed by atoms with Crippen LogP contribution in [-0.2, 0) is 11.4 Å². The molecule has 0 radical (unpaired) electrons. The molecule has 1 aromatic carbocycles. The lowest BCUT2D eigenvalue weighted by atomic mass is 10.1. The first kappa shape index (κ1) is 17.3. The predicted molar refractivity (Wildman–Crippen MR) is 98.8 cm³/mol. The van der Waals surface area contributed by atoms with Crippen molar-refractivity contribution in [3.63, 3.8) is 0 Å². The minimum atomic E-state index is 0.382. The van der Waals surface area contributed by atoms with Gasteiger partial charge >= 0.3 is 0 Å². The van der Waals surface area contributed by atoms with Crippen molar-refractivity contribution in [2.75, 3.05) is 32.6 Å². The van der Waals surface area contributed by atoms with Crippen molar-refractivity contribution < 1.29 is 9.47 Å². The molecular formula is C16H22N4O2S2. The topological polar surface area (TPSA) is 51.5 Å². The van der Waals surface area contributed by atoms with Crippen molar-refractivity contribution in [1.82, 2.24) is 14.7 Å². The summed E-state index contributed by atoms with van der Waals surface area (Å²) >= 11 is 6.93. The number of hydrogen-bond donors (Lipinski definition) is 1. The highest BCUT2D eigenvalue weighted by molar-refractivity contribution is 7.73. The smallest absolute Gasteiger partial charge is 0.209 e. The average Bonchev–Trinajstić information content (AvgIpc) is 2.95. The molecule has 3 rings (SSSR count). The van der Waals surface area contributed by atoms with Crippen LogP contribution in [0.3, 0.4) is 0 Å². The third-order valence-electron chi connectivity index (χ3n) is 4.16. The van der Waals surface area contributed by atoms with Gasteiger partial charge in [0.15, 0.2) is 3.95 Å². The van der Waals surface area contributed by atoms with Crippen LogP contribution in [0.1, 0.15) is 12.8 Å². The van der Waals surface area contributed by atoms with Gasteiger partial charge in [0, 0.05) is 20.2 Å². The number of rotatable bonds is 6. The molecule has 1 aromatic heterocycles. The van der Waals surface area contributed by atoms with Crippen molar-refractivity contribution in [3.8, 4) is 5.75 Å². The Hall–Kier alpha value is -1.48. The summed E-state index contributed by atoms with van der Waals surface area (Å²) in [4.78, 5) is 2.36. The Morgan fingerprint density at radius 1 is 1.29 bits per heavy atom. The highest BCUT2D eigenvalue weighted by Gasteiger charge is 2.19. The van der Waals surface area contributed by atoms with Gasteiger partial charge in [0.05, 0.1) is 25.6 Å². The third-order valence-corrected chi connectivity index (χ3v) is 5.38. The molecule has 1 N–H and O–H groups in total. The van der Waals surface area contributed by atoms with Crippen molar-refractivity contribution in [2.24, 2.45) is 0 Å². The maximum absolute atomic E-state index is 5.46. The Balaban J connectivity index is 1.66. The van der Waals surface area contributed by atoms with E-state index in [-0.39, 0.29) is 0 Å². The quantitative estimate of drug-likeness (QED) is 0.790. The number of ether oxygens (including phenoxy) is 2. The van der Waals surface area contributed by atoms with E-state index in [0.29, 0.717) is 6.10 Å². The Bertz CT molecular complexity index is 723. The van der Waals surface area contributed by atoms with Gasteiger partial charge in [-0.2, -0.15) is 0 Å². The van der Waals surface area contributed by atoms with E-state index < -0.39 is 0 Å². The molecular weight excluding hydrogens is 344 g/mol. The number of hydrogen-bond acceptors (Lipinski definition) is 7. The predicted octanol–water partition coefficient (Wildman–Crippen LogP) is 3.49. The number of nitrogens with zero attached hydrogens (tertiary/aromatic N) is 3. The Morgan fingerprint density at radius 2 is 2.04 bits per heavy atom. The minimum Gasteiger partial charge on any atom is -0.495 e. The molecule has 0 bridgehead atoms. The second-order valence-electron chi connectivity index (χ2n) is 5.69. The summed E-state index contributed by atoms with van der Waals surface area (Å²) in [7, 11) is 3.44. The molecule has 1 saturated heterocycles. The second-order valence-corrected chi connectivity index (χ2v) is 7.32. The van der Waals surface area contributed by atoms with E-state index in [4.69, 9.17) is 21.7 Å². The monoisotopic (exact) mass is 366 g/mol. The number of para-hydroxylation sites is 2. The molecule has 0 aliphatic carbocycles. The van der Waals surface area contributed by atoms with Gasteiger partial charge in [-0.3, -0.25) is 4.90 Å². The molecule has 0 atom stereocenters. The first-order valence-electron chi connectivity index (χ1n) is 7.92. The number of aromatic nitrogens is 2. The summed E-state index contributed by atoms with van der Waals surface area (Å²) in [5, 5.41) is 8.67. The molecule has 2 heterocycles. The highest BCUT2D eigenvalue weighted by atomic mass is 32.1. The summed E-state index contributed by atoms with van der Waals surface area (Å²) < 4.78 is 13.4. The van der Waals surface area contributed by atoms with Crippen LogP contribution in [0.4, 0.5) is 10.8 Å². The maximum Gasteiger partial charge on any atom is 0.209 e. The zero-order chi connectivity index (χ0) is 16.9. The van der Waals surface area contributed by atoms with E-state index in [9.17, 15) is 0 Å². The molecule has 6 nitrogen and oxygen atoms in total. The molecule has 1 fully saturated rings. The SMILES string of the molecule is COc1ccccc1Nc1nn(CN2CCC(OC)CC2)c(=S)s1. The maximum atomic E-state index is 5.46. The lowest BCUT2D eigenvalue weighted by molar-refractivity contribution is 0.0303. The van der Waals surface area contributed by atoms with Crippen LogP contribution < -0.4 is 10.1 Å². The summed E-state index contributed by atoms with van der Waals surface area (Å²) in [6.45, 7) is 2.74. The minimum absolute atomic E-state index is 0.382.